The van der Waals surface area contributed by atoms with Gasteiger partial charge in [0.05, 0.1) is 6.54 Å². The number of hydrogen-bond donors (Lipinski definition) is 1. The normalized spacial score (nSPS) is 22.7. The van der Waals surface area contributed by atoms with Crippen molar-refractivity contribution in [3.05, 3.63) is 34.9 Å². The van der Waals surface area contributed by atoms with Crippen molar-refractivity contribution in [3.8, 4) is 0 Å². The number of nitrogens with one attached hydrogen (secondary N) is 1. The number of ketones is 1. The summed E-state index contributed by atoms with van der Waals surface area (Å²) in [6.45, 7) is 3.76. The summed E-state index contributed by atoms with van der Waals surface area (Å²) in [5, 5.41) is 2.95. The van der Waals surface area contributed by atoms with Crippen molar-refractivity contribution < 1.29 is 14.4 Å². The first kappa shape index (κ1) is 15.4. The van der Waals surface area contributed by atoms with E-state index in [1.165, 1.54) is 0 Å². The van der Waals surface area contributed by atoms with Gasteiger partial charge in [-0.05, 0) is 68.6 Å². The summed E-state index contributed by atoms with van der Waals surface area (Å²) in [4.78, 5) is 39.1. The first-order valence-corrected chi connectivity index (χ1v) is 8.68. The van der Waals surface area contributed by atoms with Gasteiger partial charge in [-0.3, -0.25) is 14.5 Å². The fourth-order valence-electron chi connectivity index (χ4n) is 3.87. The number of aryl methyl sites for hydroxylation is 2. The summed E-state index contributed by atoms with van der Waals surface area (Å²) < 4.78 is 0. The lowest BCUT2D eigenvalue weighted by atomic mass is 9.87. The van der Waals surface area contributed by atoms with E-state index in [0.29, 0.717) is 5.56 Å². The quantitative estimate of drug-likeness (QED) is 0.668. The maximum atomic E-state index is 13.0. The molecule has 4 rings (SSSR count). The van der Waals surface area contributed by atoms with Crippen molar-refractivity contribution in [1.29, 1.82) is 0 Å². The molecule has 1 aromatic carbocycles. The molecule has 5 heteroatoms. The third-order valence-electron chi connectivity index (χ3n) is 5.73. The zero-order valence-electron chi connectivity index (χ0n) is 14.1. The predicted molar refractivity (Wildman–Crippen MR) is 88.7 cm³/mol. The Morgan fingerprint density at radius 3 is 2.29 bits per heavy atom. The van der Waals surface area contributed by atoms with E-state index in [0.717, 1.165) is 41.7 Å². The maximum Gasteiger partial charge on any atom is 0.325 e. The number of imide groups is 1. The largest absolute Gasteiger partial charge is 0.325 e. The van der Waals surface area contributed by atoms with Crippen LogP contribution in [0.25, 0.3) is 0 Å². The highest BCUT2D eigenvalue weighted by atomic mass is 16.2. The Kier molecular flexibility index (Phi) is 3.31. The van der Waals surface area contributed by atoms with Gasteiger partial charge in [0.15, 0.2) is 5.78 Å². The number of hydrogen-bond acceptors (Lipinski definition) is 3. The Morgan fingerprint density at radius 2 is 1.75 bits per heavy atom. The van der Waals surface area contributed by atoms with Crippen LogP contribution in [-0.4, -0.2) is 34.7 Å². The number of rotatable bonds is 5. The number of nitrogens with zero attached hydrogens (tertiary/aromatic N) is 1. The number of benzene rings is 1. The molecule has 0 bridgehead atoms. The second-order valence-corrected chi connectivity index (χ2v) is 7.46. The molecule has 2 saturated carbocycles. The molecular formula is C19H22N2O3. The number of amides is 3. The first-order valence-electron chi connectivity index (χ1n) is 8.68. The summed E-state index contributed by atoms with van der Waals surface area (Å²) in [5.74, 6) is 0.130. The molecule has 1 saturated heterocycles. The minimum Gasteiger partial charge on any atom is -0.323 e. The van der Waals surface area contributed by atoms with Crippen LogP contribution in [0.1, 0.15) is 47.2 Å². The van der Waals surface area contributed by atoms with Gasteiger partial charge in [0.25, 0.3) is 5.91 Å². The molecule has 0 aromatic heterocycles. The van der Waals surface area contributed by atoms with E-state index in [1.807, 2.05) is 26.0 Å². The molecule has 1 heterocycles. The third kappa shape index (κ3) is 2.26. The van der Waals surface area contributed by atoms with E-state index in [4.69, 9.17) is 0 Å². The van der Waals surface area contributed by atoms with Crippen LogP contribution in [0.15, 0.2) is 18.2 Å². The Labute approximate surface area is 141 Å². The Hall–Kier alpha value is -2.17. The van der Waals surface area contributed by atoms with Gasteiger partial charge >= 0.3 is 6.03 Å². The van der Waals surface area contributed by atoms with E-state index in [9.17, 15) is 14.4 Å². The van der Waals surface area contributed by atoms with Crippen LogP contribution in [-0.2, 0) is 4.79 Å². The van der Waals surface area contributed by atoms with E-state index >= 15 is 0 Å². The van der Waals surface area contributed by atoms with Crippen LogP contribution in [0.3, 0.4) is 0 Å². The minimum atomic E-state index is -0.722. The van der Waals surface area contributed by atoms with Gasteiger partial charge in [-0.1, -0.05) is 12.1 Å². The van der Waals surface area contributed by atoms with Crippen LogP contribution < -0.4 is 5.32 Å². The van der Waals surface area contributed by atoms with Crippen LogP contribution in [0, 0.1) is 25.7 Å². The molecule has 1 aromatic rings. The highest BCUT2D eigenvalue weighted by Crippen LogP contribution is 2.54. The van der Waals surface area contributed by atoms with Gasteiger partial charge in [0.1, 0.15) is 5.54 Å². The molecule has 1 aliphatic heterocycles. The van der Waals surface area contributed by atoms with Crippen LogP contribution >= 0.6 is 0 Å². The van der Waals surface area contributed by atoms with Gasteiger partial charge in [-0.25, -0.2) is 4.79 Å². The average molecular weight is 326 g/mol. The molecular weight excluding hydrogens is 304 g/mol. The second-order valence-electron chi connectivity index (χ2n) is 7.46. The molecule has 3 aliphatic rings. The van der Waals surface area contributed by atoms with Crippen molar-refractivity contribution in [2.45, 2.75) is 45.1 Å². The lowest BCUT2D eigenvalue weighted by Crippen LogP contribution is -2.51. The lowest BCUT2D eigenvalue weighted by Gasteiger charge is -2.26. The van der Waals surface area contributed by atoms with Crippen LogP contribution in [0.2, 0.25) is 0 Å². The fraction of sp³-hybridized carbons (Fsp3) is 0.526. The summed E-state index contributed by atoms with van der Waals surface area (Å²) in [6.07, 6.45) is 3.95. The summed E-state index contributed by atoms with van der Waals surface area (Å²) in [6, 6.07) is 5.08. The van der Waals surface area contributed by atoms with Gasteiger partial charge in [-0.15, -0.1) is 0 Å². The third-order valence-corrected chi connectivity index (χ3v) is 5.73. The van der Waals surface area contributed by atoms with E-state index in [-0.39, 0.29) is 30.1 Å². The summed E-state index contributed by atoms with van der Waals surface area (Å²) >= 11 is 0. The van der Waals surface area contributed by atoms with Gasteiger partial charge in [-0.2, -0.15) is 0 Å². The number of carbonyl (C=O) groups is 3. The predicted octanol–water partition coefficient (Wildman–Crippen LogP) is 2.60. The molecule has 0 spiro atoms. The fourth-order valence-corrected chi connectivity index (χ4v) is 3.87. The molecule has 126 valence electrons. The molecule has 0 unspecified atom stereocenters. The number of carbonyl (C=O) groups excluding carboxylic acids is 3. The minimum absolute atomic E-state index is 0.172. The molecule has 3 fully saturated rings. The zero-order chi connectivity index (χ0) is 17.1. The highest BCUT2D eigenvalue weighted by Gasteiger charge is 2.65. The van der Waals surface area contributed by atoms with Crippen LogP contribution in [0.4, 0.5) is 4.79 Å². The Morgan fingerprint density at radius 1 is 1.12 bits per heavy atom. The topological polar surface area (TPSA) is 66.5 Å². The van der Waals surface area contributed by atoms with Gasteiger partial charge < -0.3 is 5.32 Å². The number of Topliss-reactive ketones (excluding diaryl/α,β-unsaturated/α-hetero) is 1. The average Bonchev–Trinajstić information content (AvgIpc) is 3.44. The molecule has 3 amide bonds. The molecule has 5 nitrogen and oxygen atoms in total. The Bertz CT molecular complexity index is 735. The van der Waals surface area contributed by atoms with E-state index < -0.39 is 11.6 Å². The van der Waals surface area contributed by atoms with Gasteiger partial charge in [0.2, 0.25) is 0 Å². The summed E-state index contributed by atoms with van der Waals surface area (Å²) in [5.41, 5.74) is 1.97. The van der Waals surface area contributed by atoms with Crippen molar-refractivity contribution in [2.75, 3.05) is 6.54 Å². The van der Waals surface area contributed by atoms with Crippen molar-refractivity contribution in [2.24, 2.45) is 11.8 Å². The highest BCUT2D eigenvalue weighted by molar-refractivity contribution is 6.11. The Balaban J connectivity index is 1.56. The van der Waals surface area contributed by atoms with Crippen LogP contribution in [0.5, 0.6) is 0 Å². The zero-order valence-corrected chi connectivity index (χ0v) is 14.1. The smallest absolute Gasteiger partial charge is 0.323 e. The molecule has 2 aliphatic carbocycles. The lowest BCUT2D eigenvalue weighted by molar-refractivity contribution is -0.132. The molecule has 0 atom stereocenters. The van der Waals surface area contributed by atoms with E-state index in [2.05, 4.69) is 5.32 Å². The SMILES string of the molecule is Cc1ccc(C(=O)CN2C(=O)NC(C3CC3)(C3CC3)C2=O)cc1C. The molecule has 24 heavy (non-hydrogen) atoms. The van der Waals surface area contributed by atoms with Crippen molar-refractivity contribution in [3.63, 3.8) is 0 Å². The standard InChI is InChI=1S/C19H22N2O3/c1-11-3-4-13(9-12(11)2)16(22)10-21-17(23)19(14-5-6-14,15-7-8-15)20-18(21)24/h3-4,9,14-15H,5-8,10H2,1-2H3,(H,20,24). The monoisotopic (exact) mass is 326 g/mol. The second kappa shape index (κ2) is 5.16. The van der Waals surface area contributed by atoms with Crippen molar-refractivity contribution >= 4 is 17.7 Å². The number of urea groups is 1. The summed E-state index contributed by atoms with van der Waals surface area (Å²) in [7, 11) is 0. The van der Waals surface area contributed by atoms with Crippen molar-refractivity contribution in [1.82, 2.24) is 10.2 Å². The van der Waals surface area contributed by atoms with E-state index in [1.54, 1.807) is 6.07 Å². The molecule has 1 N–H and O–H groups in total. The maximum absolute atomic E-state index is 13.0. The molecule has 0 radical (unpaired) electrons. The first-order chi connectivity index (χ1) is 11.4. The van der Waals surface area contributed by atoms with Gasteiger partial charge in [0, 0.05) is 5.56 Å².